The van der Waals surface area contributed by atoms with Crippen molar-refractivity contribution in [1.82, 2.24) is 15.5 Å². The Hall–Kier alpha value is -3.61. The predicted octanol–water partition coefficient (Wildman–Crippen LogP) is 1.77. The zero-order chi connectivity index (χ0) is 21.3. The van der Waals surface area contributed by atoms with Gasteiger partial charge in [-0.05, 0) is 35.3 Å². The van der Waals surface area contributed by atoms with Crippen LogP contribution < -0.4 is 16.4 Å². The SMILES string of the molecule is CN=C(NCc1ccc(C(=O)NCC(N)=O)cc1)N1CC=C(c2ccccc2)CC1. The Morgan fingerprint density at radius 2 is 1.80 bits per heavy atom. The molecule has 0 aliphatic carbocycles. The number of carbonyl (C=O) groups is 2. The number of hydrogen-bond donors (Lipinski definition) is 3. The molecule has 156 valence electrons. The van der Waals surface area contributed by atoms with Gasteiger partial charge in [0, 0.05) is 32.2 Å². The molecule has 7 nitrogen and oxygen atoms in total. The zero-order valence-electron chi connectivity index (χ0n) is 17.1. The molecule has 2 amide bonds. The molecule has 3 rings (SSSR count). The Morgan fingerprint density at radius 1 is 1.07 bits per heavy atom. The van der Waals surface area contributed by atoms with Crippen molar-refractivity contribution in [2.75, 3.05) is 26.7 Å². The summed E-state index contributed by atoms with van der Waals surface area (Å²) in [5, 5.41) is 5.86. The van der Waals surface area contributed by atoms with Crippen molar-refractivity contribution >= 4 is 23.3 Å². The van der Waals surface area contributed by atoms with Crippen LogP contribution in [0.4, 0.5) is 0 Å². The van der Waals surface area contributed by atoms with Crippen LogP contribution >= 0.6 is 0 Å². The molecule has 0 fully saturated rings. The highest BCUT2D eigenvalue weighted by Crippen LogP contribution is 2.22. The largest absolute Gasteiger partial charge is 0.368 e. The lowest BCUT2D eigenvalue weighted by atomic mass is 10.00. The van der Waals surface area contributed by atoms with E-state index in [1.165, 1.54) is 11.1 Å². The Balaban J connectivity index is 1.53. The van der Waals surface area contributed by atoms with Crippen molar-refractivity contribution < 1.29 is 9.59 Å². The number of carbonyl (C=O) groups excluding carboxylic acids is 2. The number of benzene rings is 2. The second-order valence-electron chi connectivity index (χ2n) is 7.04. The van der Waals surface area contributed by atoms with Crippen LogP contribution in [0.15, 0.2) is 65.7 Å². The van der Waals surface area contributed by atoms with Crippen molar-refractivity contribution in [3.05, 3.63) is 77.4 Å². The lowest BCUT2D eigenvalue weighted by molar-refractivity contribution is -0.117. The van der Waals surface area contributed by atoms with E-state index in [1.54, 1.807) is 19.2 Å². The van der Waals surface area contributed by atoms with Gasteiger partial charge in [-0.2, -0.15) is 0 Å². The molecule has 4 N–H and O–H groups in total. The number of amides is 2. The van der Waals surface area contributed by atoms with Crippen molar-refractivity contribution in [3.63, 3.8) is 0 Å². The second-order valence-corrected chi connectivity index (χ2v) is 7.04. The minimum atomic E-state index is -0.570. The van der Waals surface area contributed by atoms with Crippen LogP contribution in [-0.4, -0.2) is 49.4 Å². The molecule has 0 radical (unpaired) electrons. The fraction of sp³-hybridized carbons (Fsp3) is 0.261. The molecule has 2 aromatic carbocycles. The lowest BCUT2D eigenvalue weighted by Crippen LogP contribution is -2.43. The highest BCUT2D eigenvalue weighted by Gasteiger charge is 2.16. The third-order valence-corrected chi connectivity index (χ3v) is 4.95. The molecule has 2 aromatic rings. The fourth-order valence-electron chi connectivity index (χ4n) is 3.33. The van der Waals surface area contributed by atoms with Gasteiger partial charge in [0.05, 0.1) is 6.54 Å². The van der Waals surface area contributed by atoms with Crippen LogP contribution in [0, 0.1) is 0 Å². The van der Waals surface area contributed by atoms with E-state index in [2.05, 4.69) is 50.9 Å². The molecular formula is C23H27N5O2. The van der Waals surface area contributed by atoms with Crippen LogP contribution in [0.5, 0.6) is 0 Å². The van der Waals surface area contributed by atoms with E-state index in [0.29, 0.717) is 12.1 Å². The zero-order valence-corrected chi connectivity index (χ0v) is 17.1. The van der Waals surface area contributed by atoms with Gasteiger partial charge in [-0.3, -0.25) is 14.6 Å². The summed E-state index contributed by atoms with van der Waals surface area (Å²) >= 11 is 0. The number of hydrogen-bond acceptors (Lipinski definition) is 3. The number of primary amides is 1. The molecule has 0 unspecified atom stereocenters. The van der Waals surface area contributed by atoms with Crippen LogP contribution in [0.2, 0.25) is 0 Å². The van der Waals surface area contributed by atoms with Crippen molar-refractivity contribution in [2.24, 2.45) is 10.7 Å². The summed E-state index contributed by atoms with van der Waals surface area (Å²) in [4.78, 5) is 29.3. The monoisotopic (exact) mass is 405 g/mol. The van der Waals surface area contributed by atoms with E-state index in [4.69, 9.17) is 5.73 Å². The standard InChI is InChI=1S/C23H27N5O2/c1-25-23(28-13-11-19(12-14-28)18-5-3-2-4-6-18)27-15-17-7-9-20(10-8-17)22(30)26-16-21(24)29/h2-11H,12-16H2,1H3,(H2,24,29)(H,25,27)(H,26,30). The summed E-state index contributed by atoms with van der Waals surface area (Å²) in [6.07, 6.45) is 3.23. The van der Waals surface area contributed by atoms with Gasteiger partial charge in [-0.25, -0.2) is 0 Å². The maximum absolute atomic E-state index is 11.9. The van der Waals surface area contributed by atoms with Crippen LogP contribution in [0.3, 0.4) is 0 Å². The van der Waals surface area contributed by atoms with Crippen molar-refractivity contribution in [2.45, 2.75) is 13.0 Å². The minimum absolute atomic E-state index is 0.172. The molecule has 0 bridgehead atoms. The molecule has 0 atom stereocenters. The summed E-state index contributed by atoms with van der Waals surface area (Å²) in [7, 11) is 1.78. The molecule has 0 saturated heterocycles. The van der Waals surface area contributed by atoms with Crippen LogP contribution in [-0.2, 0) is 11.3 Å². The third-order valence-electron chi connectivity index (χ3n) is 4.95. The van der Waals surface area contributed by atoms with Gasteiger partial charge in [0.15, 0.2) is 5.96 Å². The van der Waals surface area contributed by atoms with Crippen LogP contribution in [0.1, 0.15) is 27.9 Å². The first-order chi connectivity index (χ1) is 14.6. The molecule has 1 aliphatic heterocycles. The lowest BCUT2D eigenvalue weighted by Gasteiger charge is -2.29. The predicted molar refractivity (Wildman–Crippen MR) is 119 cm³/mol. The van der Waals surface area contributed by atoms with Gasteiger partial charge < -0.3 is 21.3 Å². The number of aliphatic imine (C=N–C) groups is 1. The Labute approximate surface area is 176 Å². The summed E-state index contributed by atoms with van der Waals surface area (Å²) in [6.45, 7) is 2.14. The van der Waals surface area contributed by atoms with E-state index in [-0.39, 0.29) is 12.5 Å². The van der Waals surface area contributed by atoms with E-state index >= 15 is 0 Å². The van der Waals surface area contributed by atoms with Crippen molar-refractivity contribution in [1.29, 1.82) is 0 Å². The molecule has 0 saturated carbocycles. The number of nitrogens with one attached hydrogen (secondary N) is 2. The molecule has 1 heterocycles. The summed E-state index contributed by atoms with van der Waals surface area (Å²) < 4.78 is 0. The smallest absolute Gasteiger partial charge is 0.251 e. The van der Waals surface area contributed by atoms with Gasteiger partial charge >= 0.3 is 0 Å². The van der Waals surface area contributed by atoms with E-state index < -0.39 is 5.91 Å². The highest BCUT2D eigenvalue weighted by atomic mass is 16.2. The normalized spacial score (nSPS) is 14.1. The molecule has 7 heteroatoms. The highest BCUT2D eigenvalue weighted by molar-refractivity contribution is 5.96. The Kier molecular flexibility index (Phi) is 7.21. The topological polar surface area (TPSA) is 99.8 Å². The molecule has 0 aromatic heterocycles. The van der Waals surface area contributed by atoms with Gasteiger partial charge in [-0.1, -0.05) is 48.5 Å². The van der Waals surface area contributed by atoms with E-state index in [1.807, 2.05) is 18.2 Å². The molecule has 0 spiro atoms. The fourth-order valence-corrected chi connectivity index (χ4v) is 3.33. The second kappa shape index (κ2) is 10.2. The average molecular weight is 406 g/mol. The van der Waals surface area contributed by atoms with Gasteiger partial charge in [0.25, 0.3) is 5.91 Å². The van der Waals surface area contributed by atoms with Gasteiger partial charge in [-0.15, -0.1) is 0 Å². The molecule has 1 aliphatic rings. The number of guanidine groups is 1. The van der Waals surface area contributed by atoms with Gasteiger partial charge in [0.1, 0.15) is 0 Å². The first-order valence-corrected chi connectivity index (χ1v) is 9.92. The van der Waals surface area contributed by atoms with Crippen molar-refractivity contribution in [3.8, 4) is 0 Å². The number of rotatable bonds is 6. The Bertz CT molecular complexity index is 936. The molecule has 30 heavy (non-hydrogen) atoms. The summed E-state index contributed by atoms with van der Waals surface area (Å²) in [5.41, 5.74) is 9.20. The maximum Gasteiger partial charge on any atom is 0.251 e. The first-order valence-electron chi connectivity index (χ1n) is 9.92. The summed E-state index contributed by atoms with van der Waals surface area (Å²) in [6, 6.07) is 17.7. The average Bonchev–Trinajstić information content (AvgIpc) is 2.79. The number of nitrogens with two attached hydrogens (primary N) is 1. The molecular weight excluding hydrogens is 378 g/mol. The number of nitrogens with zero attached hydrogens (tertiary/aromatic N) is 2. The summed E-state index contributed by atoms with van der Waals surface area (Å²) in [5.74, 6) is -0.0425. The third kappa shape index (κ3) is 5.70. The first kappa shape index (κ1) is 21.1. The quantitative estimate of drug-likeness (QED) is 0.504. The van der Waals surface area contributed by atoms with Gasteiger partial charge in [0.2, 0.25) is 5.91 Å². The maximum atomic E-state index is 11.9. The minimum Gasteiger partial charge on any atom is -0.368 e. The van der Waals surface area contributed by atoms with Crippen LogP contribution in [0.25, 0.3) is 5.57 Å². The van der Waals surface area contributed by atoms with E-state index in [9.17, 15) is 9.59 Å². The Morgan fingerprint density at radius 3 is 2.40 bits per heavy atom. The van der Waals surface area contributed by atoms with E-state index in [0.717, 1.165) is 31.0 Å².